The number of hydrogen-bond acceptors (Lipinski definition) is 3. The molecule has 4 nitrogen and oxygen atoms in total. The second kappa shape index (κ2) is 7.49. The Morgan fingerprint density at radius 2 is 1.71 bits per heavy atom. The van der Waals surface area contributed by atoms with Crippen molar-refractivity contribution >= 4 is 11.6 Å². The lowest BCUT2D eigenvalue weighted by molar-refractivity contribution is -0.130. The maximum Gasteiger partial charge on any atom is 0.230 e. The zero-order chi connectivity index (χ0) is 16.8. The Hall–Kier alpha value is -2.33. The Morgan fingerprint density at radius 1 is 1.04 bits per heavy atom. The zero-order valence-corrected chi connectivity index (χ0v) is 13.8. The highest BCUT2D eigenvalue weighted by molar-refractivity contribution is 5.88. The summed E-state index contributed by atoms with van der Waals surface area (Å²) in [5.41, 5.74) is 8.24. The molecule has 1 aliphatic rings. The molecule has 1 saturated heterocycles. The van der Waals surface area contributed by atoms with Crippen LogP contribution >= 0.6 is 0 Å². The van der Waals surface area contributed by atoms with Crippen molar-refractivity contribution in [3.05, 3.63) is 65.7 Å². The molecule has 2 aromatic rings. The Balaban J connectivity index is 1.67. The van der Waals surface area contributed by atoms with Crippen molar-refractivity contribution in [1.82, 2.24) is 5.32 Å². The first-order valence-electron chi connectivity index (χ1n) is 8.47. The van der Waals surface area contributed by atoms with Crippen LogP contribution in [0.1, 0.15) is 24.0 Å². The number of ether oxygens (including phenoxy) is 1. The molecular formula is C20H24N2O2. The van der Waals surface area contributed by atoms with Gasteiger partial charge in [0.1, 0.15) is 0 Å². The van der Waals surface area contributed by atoms with E-state index in [2.05, 4.69) is 5.32 Å². The highest BCUT2D eigenvalue weighted by atomic mass is 16.5. The number of carbonyl (C=O) groups excluding carboxylic acids is 1. The summed E-state index contributed by atoms with van der Waals surface area (Å²) in [5, 5.41) is 3.13. The Kier molecular flexibility index (Phi) is 5.16. The summed E-state index contributed by atoms with van der Waals surface area (Å²) in [6.45, 7) is 1.87. The SMILES string of the molecule is Nc1ccc(CCNC(=O)C2(c3ccccc3)CCOCC2)cc1. The third-order valence-electron chi connectivity index (χ3n) is 4.79. The number of nitrogen functional groups attached to an aromatic ring is 1. The van der Waals surface area contributed by atoms with Gasteiger partial charge in [0, 0.05) is 25.4 Å². The van der Waals surface area contributed by atoms with Crippen LogP contribution in [0.5, 0.6) is 0 Å². The Morgan fingerprint density at radius 3 is 2.38 bits per heavy atom. The van der Waals surface area contributed by atoms with Crippen LogP contribution < -0.4 is 11.1 Å². The largest absolute Gasteiger partial charge is 0.399 e. The van der Waals surface area contributed by atoms with Gasteiger partial charge in [-0.3, -0.25) is 4.79 Å². The molecule has 1 aliphatic heterocycles. The van der Waals surface area contributed by atoms with Crippen LogP contribution in [0, 0.1) is 0 Å². The van der Waals surface area contributed by atoms with E-state index < -0.39 is 5.41 Å². The van der Waals surface area contributed by atoms with E-state index in [1.165, 1.54) is 5.56 Å². The third-order valence-corrected chi connectivity index (χ3v) is 4.79. The van der Waals surface area contributed by atoms with Crippen LogP contribution in [0.2, 0.25) is 0 Å². The highest BCUT2D eigenvalue weighted by Gasteiger charge is 2.41. The molecule has 4 heteroatoms. The molecule has 0 spiro atoms. The molecule has 3 N–H and O–H groups in total. The molecule has 0 atom stereocenters. The summed E-state index contributed by atoms with van der Waals surface area (Å²) < 4.78 is 5.49. The lowest BCUT2D eigenvalue weighted by atomic mass is 9.73. The quantitative estimate of drug-likeness (QED) is 0.831. The van der Waals surface area contributed by atoms with Crippen molar-refractivity contribution in [3.63, 3.8) is 0 Å². The summed E-state index contributed by atoms with van der Waals surface area (Å²) in [4.78, 5) is 13.0. The van der Waals surface area contributed by atoms with Crippen LogP contribution in [0.3, 0.4) is 0 Å². The van der Waals surface area contributed by atoms with E-state index in [1.807, 2.05) is 54.6 Å². The smallest absolute Gasteiger partial charge is 0.230 e. The molecule has 0 bridgehead atoms. The number of nitrogens with two attached hydrogens (primary N) is 1. The molecule has 1 amide bonds. The summed E-state index contributed by atoms with van der Waals surface area (Å²) in [6.07, 6.45) is 2.25. The Labute approximate surface area is 143 Å². The van der Waals surface area contributed by atoms with Gasteiger partial charge in [-0.25, -0.2) is 0 Å². The van der Waals surface area contributed by atoms with Crippen molar-refractivity contribution < 1.29 is 9.53 Å². The van der Waals surface area contributed by atoms with Crippen LogP contribution in [-0.2, 0) is 21.4 Å². The number of anilines is 1. The monoisotopic (exact) mass is 324 g/mol. The number of nitrogens with one attached hydrogen (secondary N) is 1. The van der Waals surface area contributed by atoms with Gasteiger partial charge < -0.3 is 15.8 Å². The van der Waals surface area contributed by atoms with E-state index in [1.54, 1.807) is 0 Å². The number of amides is 1. The van der Waals surface area contributed by atoms with Gasteiger partial charge in [-0.2, -0.15) is 0 Å². The van der Waals surface area contributed by atoms with Gasteiger partial charge in [0.05, 0.1) is 5.41 Å². The molecular weight excluding hydrogens is 300 g/mol. The predicted molar refractivity (Wildman–Crippen MR) is 95.7 cm³/mol. The third kappa shape index (κ3) is 3.60. The normalized spacial score (nSPS) is 16.5. The number of carbonyl (C=O) groups is 1. The van der Waals surface area contributed by atoms with Crippen molar-refractivity contribution in [2.75, 3.05) is 25.5 Å². The minimum Gasteiger partial charge on any atom is -0.399 e. The first-order valence-corrected chi connectivity index (χ1v) is 8.47. The fraction of sp³-hybridized carbons (Fsp3) is 0.350. The topological polar surface area (TPSA) is 64.3 Å². The fourth-order valence-electron chi connectivity index (χ4n) is 3.30. The molecule has 3 rings (SSSR count). The van der Waals surface area contributed by atoms with Gasteiger partial charge in [0.15, 0.2) is 0 Å². The van der Waals surface area contributed by atoms with Crippen molar-refractivity contribution in [1.29, 1.82) is 0 Å². The number of rotatable bonds is 5. The lowest BCUT2D eigenvalue weighted by Gasteiger charge is -2.36. The maximum atomic E-state index is 13.0. The molecule has 126 valence electrons. The van der Waals surface area contributed by atoms with Crippen molar-refractivity contribution in [2.45, 2.75) is 24.7 Å². The average molecular weight is 324 g/mol. The van der Waals surface area contributed by atoms with Gasteiger partial charge in [-0.05, 0) is 42.5 Å². The molecule has 1 fully saturated rings. The summed E-state index contributed by atoms with van der Waals surface area (Å²) in [5.74, 6) is 0.104. The molecule has 2 aromatic carbocycles. The van der Waals surface area contributed by atoms with E-state index in [9.17, 15) is 4.79 Å². The van der Waals surface area contributed by atoms with Crippen LogP contribution in [0.15, 0.2) is 54.6 Å². The maximum absolute atomic E-state index is 13.0. The van der Waals surface area contributed by atoms with Crippen LogP contribution in [-0.4, -0.2) is 25.7 Å². The predicted octanol–water partition coefficient (Wildman–Crippen LogP) is 2.68. The van der Waals surface area contributed by atoms with Gasteiger partial charge >= 0.3 is 0 Å². The zero-order valence-electron chi connectivity index (χ0n) is 13.8. The van der Waals surface area contributed by atoms with Crippen LogP contribution in [0.4, 0.5) is 5.69 Å². The molecule has 0 aliphatic carbocycles. The number of hydrogen-bond donors (Lipinski definition) is 2. The van der Waals surface area contributed by atoms with Gasteiger partial charge in [-0.1, -0.05) is 42.5 Å². The van der Waals surface area contributed by atoms with Crippen LogP contribution in [0.25, 0.3) is 0 Å². The van der Waals surface area contributed by atoms with Gasteiger partial charge in [0.2, 0.25) is 5.91 Å². The summed E-state index contributed by atoms with van der Waals surface area (Å²) in [7, 11) is 0. The van der Waals surface area contributed by atoms with Gasteiger partial charge in [0.25, 0.3) is 0 Å². The van der Waals surface area contributed by atoms with E-state index in [0.717, 1.165) is 30.5 Å². The van der Waals surface area contributed by atoms with E-state index in [-0.39, 0.29) is 5.91 Å². The van der Waals surface area contributed by atoms with Gasteiger partial charge in [-0.15, -0.1) is 0 Å². The summed E-state index contributed by atoms with van der Waals surface area (Å²) >= 11 is 0. The Bertz CT molecular complexity index is 662. The lowest BCUT2D eigenvalue weighted by Crippen LogP contribution is -2.48. The second-order valence-electron chi connectivity index (χ2n) is 6.31. The highest BCUT2D eigenvalue weighted by Crippen LogP contribution is 2.35. The first-order chi connectivity index (χ1) is 11.7. The summed E-state index contributed by atoms with van der Waals surface area (Å²) in [6, 6.07) is 17.8. The van der Waals surface area contributed by atoms with E-state index in [4.69, 9.17) is 10.5 Å². The standard InChI is InChI=1S/C20H24N2O2/c21-18-8-6-16(7-9-18)10-13-22-19(23)20(11-14-24-15-12-20)17-4-2-1-3-5-17/h1-9H,10-15,21H2,(H,22,23). The molecule has 24 heavy (non-hydrogen) atoms. The van der Waals surface area contributed by atoms with E-state index in [0.29, 0.717) is 19.8 Å². The fourth-order valence-corrected chi connectivity index (χ4v) is 3.30. The molecule has 0 radical (unpaired) electrons. The van der Waals surface area contributed by atoms with Crippen molar-refractivity contribution in [3.8, 4) is 0 Å². The molecule has 0 aromatic heterocycles. The minimum absolute atomic E-state index is 0.104. The number of benzene rings is 2. The second-order valence-corrected chi connectivity index (χ2v) is 6.31. The van der Waals surface area contributed by atoms with Crippen molar-refractivity contribution in [2.24, 2.45) is 0 Å². The molecule has 0 saturated carbocycles. The molecule has 1 heterocycles. The first kappa shape index (κ1) is 16.5. The average Bonchev–Trinajstić information content (AvgIpc) is 2.64. The minimum atomic E-state index is -0.472. The molecule has 0 unspecified atom stereocenters. The van der Waals surface area contributed by atoms with E-state index >= 15 is 0 Å².